The molecule has 0 unspecified atom stereocenters. The number of nitro groups is 1. The van der Waals surface area contributed by atoms with E-state index in [1.54, 1.807) is 17.2 Å². The Labute approximate surface area is 222 Å². The highest BCUT2D eigenvalue weighted by Gasteiger charge is 2.64. The van der Waals surface area contributed by atoms with E-state index in [1.165, 1.54) is 29.2 Å². The number of imide groups is 1. The molecule has 8 heteroatoms. The molecule has 0 aromatic heterocycles. The third-order valence-corrected chi connectivity index (χ3v) is 8.08. The van der Waals surface area contributed by atoms with Gasteiger partial charge in [0, 0.05) is 29.3 Å². The Kier molecular flexibility index (Phi) is 5.00. The van der Waals surface area contributed by atoms with Gasteiger partial charge in [0.2, 0.25) is 11.8 Å². The maximum atomic E-state index is 14.2. The Morgan fingerprint density at radius 1 is 0.821 bits per heavy atom. The lowest BCUT2D eigenvalue weighted by Gasteiger charge is -2.35. The molecule has 2 saturated heterocycles. The number of amides is 2. The van der Waals surface area contributed by atoms with Crippen LogP contribution in [0.25, 0.3) is 16.8 Å². The van der Waals surface area contributed by atoms with Crippen LogP contribution >= 0.6 is 0 Å². The van der Waals surface area contributed by atoms with Crippen LogP contribution in [0, 0.1) is 22.0 Å². The number of non-ortho nitro benzene ring substituents is 1. The van der Waals surface area contributed by atoms with E-state index in [-0.39, 0.29) is 17.2 Å². The van der Waals surface area contributed by atoms with Crippen molar-refractivity contribution in [3.05, 3.63) is 124 Å². The molecule has 0 N–H and O–H groups in total. The van der Waals surface area contributed by atoms with Crippen molar-refractivity contribution in [3.8, 4) is 0 Å². The SMILES string of the molecule is O=C(c1cccc([N+](=O)[O-])c1)[C@@H]1[C@@H]2C(=O)N(c3cccc4ccccc34)C(=O)[C@H]2[C@H]2c3ccccc3C=CN12. The van der Waals surface area contributed by atoms with Gasteiger partial charge in [-0.2, -0.15) is 0 Å². The highest BCUT2D eigenvalue weighted by atomic mass is 16.6. The second-order valence-corrected chi connectivity index (χ2v) is 10.0. The van der Waals surface area contributed by atoms with Gasteiger partial charge in [0.25, 0.3) is 5.69 Å². The summed E-state index contributed by atoms with van der Waals surface area (Å²) in [6.45, 7) is 0. The average Bonchev–Trinajstić information content (AvgIpc) is 3.44. The van der Waals surface area contributed by atoms with Crippen LogP contribution < -0.4 is 4.90 Å². The van der Waals surface area contributed by atoms with Crippen molar-refractivity contribution in [2.24, 2.45) is 11.8 Å². The summed E-state index contributed by atoms with van der Waals surface area (Å²) in [5.74, 6) is -2.97. The molecule has 0 saturated carbocycles. The van der Waals surface area contributed by atoms with Gasteiger partial charge in [0.1, 0.15) is 6.04 Å². The fraction of sp³-hybridized carbons (Fsp3) is 0.129. The summed E-state index contributed by atoms with van der Waals surface area (Å²) >= 11 is 0. The van der Waals surface area contributed by atoms with E-state index in [0.717, 1.165) is 21.9 Å². The number of ketones is 1. The first kappa shape index (κ1) is 23.0. The third kappa shape index (κ3) is 3.28. The molecule has 8 nitrogen and oxygen atoms in total. The lowest BCUT2D eigenvalue weighted by Crippen LogP contribution is -2.44. The van der Waals surface area contributed by atoms with Gasteiger partial charge in [-0.25, -0.2) is 4.90 Å². The van der Waals surface area contributed by atoms with Gasteiger partial charge < -0.3 is 4.90 Å². The van der Waals surface area contributed by atoms with Gasteiger partial charge >= 0.3 is 0 Å². The highest BCUT2D eigenvalue weighted by Crippen LogP contribution is 2.54. The van der Waals surface area contributed by atoms with Gasteiger partial charge in [0.05, 0.1) is 28.5 Å². The molecule has 0 aliphatic carbocycles. The molecule has 4 atom stereocenters. The summed E-state index contributed by atoms with van der Waals surface area (Å²) in [6, 6.07) is 24.7. The van der Waals surface area contributed by atoms with Gasteiger partial charge in [-0.3, -0.25) is 24.5 Å². The number of anilines is 1. The van der Waals surface area contributed by atoms with E-state index in [1.807, 2.05) is 66.7 Å². The first-order valence-corrected chi connectivity index (χ1v) is 12.6. The minimum Gasteiger partial charge on any atom is -0.358 e. The normalized spacial score (nSPS) is 23.1. The minimum absolute atomic E-state index is 0.129. The summed E-state index contributed by atoms with van der Waals surface area (Å²) < 4.78 is 0. The van der Waals surface area contributed by atoms with Crippen LogP contribution in [0.4, 0.5) is 11.4 Å². The number of carbonyl (C=O) groups is 3. The molecule has 2 fully saturated rings. The maximum absolute atomic E-state index is 14.2. The van der Waals surface area contributed by atoms with E-state index in [0.29, 0.717) is 5.69 Å². The van der Waals surface area contributed by atoms with Crippen LogP contribution in [0.15, 0.2) is 97.2 Å². The van der Waals surface area contributed by atoms with Crippen molar-refractivity contribution >= 4 is 45.8 Å². The van der Waals surface area contributed by atoms with Crippen LogP contribution in [-0.2, 0) is 9.59 Å². The van der Waals surface area contributed by atoms with E-state index in [2.05, 4.69) is 0 Å². The largest absolute Gasteiger partial charge is 0.358 e. The molecule has 190 valence electrons. The molecule has 0 radical (unpaired) electrons. The summed E-state index contributed by atoms with van der Waals surface area (Å²) in [6.07, 6.45) is 3.64. The molecular weight excluding hydrogens is 494 g/mol. The zero-order valence-electron chi connectivity index (χ0n) is 20.5. The van der Waals surface area contributed by atoms with Crippen LogP contribution in [-0.4, -0.2) is 33.5 Å². The fourth-order valence-corrected chi connectivity index (χ4v) is 6.44. The van der Waals surface area contributed by atoms with Crippen LogP contribution in [0.3, 0.4) is 0 Å². The Morgan fingerprint density at radius 2 is 1.54 bits per heavy atom. The molecule has 4 aromatic rings. The predicted octanol–water partition coefficient (Wildman–Crippen LogP) is 5.15. The van der Waals surface area contributed by atoms with Gasteiger partial charge in [-0.05, 0) is 28.7 Å². The lowest BCUT2D eigenvalue weighted by atomic mass is 9.83. The Bertz CT molecular complexity index is 1760. The quantitative estimate of drug-likeness (QED) is 0.161. The van der Waals surface area contributed by atoms with E-state index < -0.39 is 40.5 Å². The number of benzene rings is 4. The first-order valence-electron chi connectivity index (χ1n) is 12.6. The van der Waals surface area contributed by atoms with Crippen molar-refractivity contribution in [1.82, 2.24) is 4.90 Å². The Hall–Kier alpha value is -5.11. The number of fused-ring (bicyclic) bond motifs is 6. The molecule has 3 aliphatic heterocycles. The topological polar surface area (TPSA) is 101 Å². The van der Waals surface area contributed by atoms with Crippen molar-refractivity contribution in [2.45, 2.75) is 12.1 Å². The van der Waals surface area contributed by atoms with E-state index >= 15 is 0 Å². The second-order valence-electron chi connectivity index (χ2n) is 10.0. The molecule has 0 spiro atoms. The zero-order chi connectivity index (χ0) is 26.8. The maximum Gasteiger partial charge on any atom is 0.270 e. The molecule has 3 aliphatic rings. The monoisotopic (exact) mass is 515 g/mol. The number of rotatable bonds is 4. The molecule has 39 heavy (non-hydrogen) atoms. The number of carbonyl (C=O) groups excluding carboxylic acids is 3. The first-order chi connectivity index (χ1) is 19.0. The summed E-state index contributed by atoms with van der Waals surface area (Å²) in [5.41, 5.74) is 2.20. The molecule has 4 aromatic carbocycles. The number of Topliss-reactive ketones (excluding diaryl/α,β-unsaturated/α-hetero) is 1. The molecule has 7 rings (SSSR count). The van der Waals surface area contributed by atoms with Gasteiger partial charge in [-0.15, -0.1) is 0 Å². The molecule has 2 amide bonds. The summed E-state index contributed by atoms with van der Waals surface area (Å²) in [5, 5.41) is 13.1. The molecule has 0 bridgehead atoms. The Balaban J connectivity index is 1.39. The molecule has 3 heterocycles. The standard InChI is InChI=1S/C31H21N3O5/c35-29(20-10-5-11-21(17-20)34(38)39)28-26-25(27-23-13-4-2-8-19(23)15-16-32(27)28)30(36)33(31(26)37)24-14-6-9-18-7-1-3-12-22(18)24/h1-17,25-28H/t25-,26-,27-,28+/m1/s1. The summed E-state index contributed by atoms with van der Waals surface area (Å²) in [4.78, 5) is 56.4. The van der Waals surface area contributed by atoms with E-state index in [9.17, 15) is 24.5 Å². The predicted molar refractivity (Wildman–Crippen MR) is 145 cm³/mol. The second kappa shape index (κ2) is 8.46. The zero-order valence-corrected chi connectivity index (χ0v) is 20.5. The number of hydrogen-bond donors (Lipinski definition) is 0. The lowest BCUT2D eigenvalue weighted by molar-refractivity contribution is -0.384. The van der Waals surface area contributed by atoms with Crippen LogP contribution in [0.5, 0.6) is 0 Å². The average molecular weight is 516 g/mol. The highest BCUT2D eigenvalue weighted by molar-refractivity contribution is 6.27. The third-order valence-electron chi connectivity index (χ3n) is 8.08. The number of nitro benzene ring substituents is 1. The van der Waals surface area contributed by atoms with Crippen LogP contribution in [0.1, 0.15) is 27.5 Å². The van der Waals surface area contributed by atoms with E-state index in [4.69, 9.17) is 0 Å². The number of nitrogens with zero attached hydrogens (tertiary/aromatic N) is 3. The van der Waals surface area contributed by atoms with Crippen molar-refractivity contribution in [1.29, 1.82) is 0 Å². The van der Waals surface area contributed by atoms with Gasteiger partial charge in [-0.1, -0.05) is 72.8 Å². The Morgan fingerprint density at radius 3 is 2.38 bits per heavy atom. The van der Waals surface area contributed by atoms with Crippen LogP contribution in [0.2, 0.25) is 0 Å². The summed E-state index contributed by atoms with van der Waals surface area (Å²) in [7, 11) is 0. The molecular formula is C31H21N3O5. The smallest absolute Gasteiger partial charge is 0.270 e. The minimum atomic E-state index is -0.997. The van der Waals surface area contributed by atoms with Gasteiger partial charge in [0.15, 0.2) is 5.78 Å². The van der Waals surface area contributed by atoms with Crippen molar-refractivity contribution in [2.75, 3.05) is 4.90 Å². The fourth-order valence-electron chi connectivity index (χ4n) is 6.44. The van der Waals surface area contributed by atoms with Crippen molar-refractivity contribution < 1.29 is 19.3 Å². The number of hydrogen-bond acceptors (Lipinski definition) is 6. The van der Waals surface area contributed by atoms with Crippen molar-refractivity contribution in [3.63, 3.8) is 0 Å².